The molecule has 1 amide bonds. The second kappa shape index (κ2) is 8.45. The fourth-order valence-corrected chi connectivity index (χ4v) is 3.12. The van der Waals surface area contributed by atoms with Gasteiger partial charge in [-0.1, -0.05) is 42.0 Å². The number of para-hydroxylation sites is 1. The Kier molecular flexibility index (Phi) is 5.81. The second-order valence-corrected chi connectivity index (χ2v) is 6.56. The highest BCUT2D eigenvalue weighted by Gasteiger charge is 2.10. The Morgan fingerprint density at radius 3 is 2.73 bits per heavy atom. The summed E-state index contributed by atoms with van der Waals surface area (Å²) in [6.07, 6.45) is 3.30. The topological polar surface area (TPSA) is 51.2 Å². The summed E-state index contributed by atoms with van der Waals surface area (Å²) in [5.74, 6) is 0.585. The van der Waals surface area contributed by atoms with Gasteiger partial charge in [0, 0.05) is 17.0 Å². The van der Waals surface area contributed by atoms with Gasteiger partial charge >= 0.3 is 0 Å². The van der Waals surface area contributed by atoms with Crippen molar-refractivity contribution in [2.24, 2.45) is 0 Å². The largest absolute Gasteiger partial charge is 0.493 e. The van der Waals surface area contributed by atoms with Crippen molar-refractivity contribution >= 4 is 28.5 Å². The fourth-order valence-electron chi connectivity index (χ4n) is 2.41. The molecule has 0 aliphatic carbocycles. The van der Waals surface area contributed by atoms with Crippen LogP contribution < -0.4 is 10.1 Å². The molecule has 3 aromatic rings. The van der Waals surface area contributed by atoms with E-state index in [-0.39, 0.29) is 5.91 Å². The number of ether oxygens (including phenoxy) is 1. The molecule has 2 aromatic carbocycles. The lowest BCUT2D eigenvalue weighted by Gasteiger charge is -2.07. The lowest BCUT2D eigenvalue weighted by molar-refractivity contribution is -0.111. The van der Waals surface area contributed by atoms with Crippen molar-refractivity contribution in [2.75, 3.05) is 11.9 Å². The first-order valence-corrected chi connectivity index (χ1v) is 9.27. The van der Waals surface area contributed by atoms with Gasteiger partial charge in [-0.05, 0) is 37.6 Å². The van der Waals surface area contributed by atoms with E-state index in [1.165, 1.54) is 23.0 Å². The molecule has 0 spiro atoms. The number of nitrogens with zero attached hydrogens (tertiary/aromatic N) is 1. The van der Waals surface area contributed by atoms with Gasteiger partial charge in [-0.2, -0.15) is 0 Å². The van der Waals surface area contributed by atoms with Crippen LogP contribution in [0.15, 0.2) is 60.0 Å². The van der Waals surface area contributed by atoms with Crippen LogP contribution >= 0.6 is 11.3 Å². The van der Waals surface area contributed by atoms with Crippen molar-refractivity contribution in [1.29, 1.82) is 0 Å². The van der Waals surface area contributed by atoms with Crippen LogP contribution in [0.1, 0.15) is 18.1 Å². The Morgan fingerprint density at radius 1 is 1.19 bits per heavy atom. The van der Waals surface area contributed by atoms with Crippen LogP contribution in [-0.4, -0.2) is 17.5 Å². The Balaban J connectivity index is 1.68. The molecule has 0 radical (unpaired) electrons. The standard InChI is InChI=1S/C21H20N2O2S/c1-3-25-19-7-5-4-6-17(19)18-14-26-21(22-18)23-20(24)13-12-16-10-8-15(2)9-11-16/h4-14H,3H2,1-2H3,(H,22,23,24)/b13-12+. The number of carbonyl (C=O) groups is 1. The zero-order valence-electron chi connectivity index (χ0n) is 14.7. The Hall–Kier alpha value is -2.92. The van der Waals surface area contributed by atoms with Gasteiger partial charge in [0.1, 0.15) is 5.75 Å². The van der Waals surface area contributed by atoms with E-state index in [9.17, 15) is 4.79 Å². The number of hydrogen-bond donors (Lipinski definition) is 1. The highest BCUT2D eigenvalue weighted by molar-refractivity contribution is 7.14. The molecule has 5 heteroatoms. The van der Waals surface area contributed by atoms with Gasteiger partial charge < -0.3 is 4.74 Å². The van der Waals surface area contributed by atoms with Crippen LogP contribution in [0, 0.1) is 6.92 Å². The molecule has 0 fully saturated rings. The number of hydrogen-bond acceptors (Lipinski definition) is 4. The zero-order chi connectivity index (χ0) is 18.4. The molecule has 0 bridgehead atoms. The average molecular weight is 364 g/mol. The lowest BCUT2D eigenvalue weighted by atomic mass is 10.1. The molecular formula is C21H20N2O2S. The van der Waals surface area contributed by atoms with Crippen LogP contribution in [-0.2, 0) is 4.79 Å². The molecule has 26 heavy (non-hydrogen) atoms. The number of amides is 1. The number of carbonyl (C=O) groups excluding carboxylic acids is 1. The number of rotatable bonds is 6. The molecule has 4 nitrogen and oxygen atoms in total. The van der Waals surface area contributed by atoms with Crippen molar-refractivity contribution in [1.82, 2.24) is 4.98 Å². The molecule has 0 atom stereocenters. The molecule has 0 unspecified atom stereocenters. The van der Waals surface area contributed by atoms with Crippen molar-refractivity contribution in [3.63, 3.8) is 0 Å². The summed E-state index contributed by atoms with van der Waals surface area (Å²) in [7, 11) is 0. The smallest absolute Gasteiger partial charge is 0.250 e. The second-order valence-electron chi connectivity index (χ2n) is 5.70. The first kappa shape index (κ1) is 17.9. The molecule has 132 valence electrons. The summed E-state index contributed by atoms with van der Waals surface area (Å²) in [6, 6.07) is 15.7. The maximum Gasteiger partial charge on any atom is 0.250 e. The third-order valence-corrected chi connectivity index (χ3v) is 4.46. The van der Waals surface area contributed by atoms with E-state index in [4.69, 9.17) is 4.74 Å². The van der Waals surface area contributed by atoms with Crippen molar-refractivity contribution < 1.29 is 9.53 Å². The van der Waals surface area contributed by atoms with Gasteiger partial charge in [0.05, 0.1) is 12.3 Å². The van der Waals surface area contributed by atoms with Gasteiger partial charge in [0.25, 0.3) is 0 Å². The van der Waals surface area contributed by atoms with E-state index in [1.54, 1.807) is 6.08 Å². The van der Waals surface area contributed by atoms with Crippen molar-refractivity contribution in [3.05, 3.63) is 71.1 Å². The number of nitrogens with one attached hydrogen (secondary N) is 1. The Morgan fingerprint density at radius 2 is 1.96 bits per heavy atom. The lowest BCUT2D eigenvalue weighted by Crippen LogP contribution is -2.07. The van der Waals surface area contributed by atoms with Crippen molar-refractivity contribution in [2.45, 2.75) is 13.8 Å². The molecule has 1 aromatic heterocycles. The summed E-state index contributed by atoms with van der Waals surface area (Å²) in [4.78, 5) is 16.6. The molecule has 0 aliphatic rings. The molecule has 0 saturated heterocycles. The summed E-state index contributed by atoms with van der Waals surface area (Å²) in [5.41, 5.74) is 3.88. The van der Waals surface area contributed by atoms with Crippen LogP contribution in [0.5, 0.6) is 5.75 Å². The maximum atomic E-state index is 12.1. The van der Waals surface area contributed by atoms with Gasteiger partial charge in [0.2, 0.25) is 5.91 Å². The summed E-state index contributed by atoms with van der Waals surface area (Å²) in [6.45, 7) is 4.57. The minimum absolute atomic E-state index is 0.204. The molecular weight excluding hydrogens is 344 g/mol. The number of benzene rings is 2. The predicted molar refractivity (Wildman–Crippen MR) is 108 cm³/mol. The van der Waals surface area contributed by atoms with E-state index in [1.807, 2.05) is 67.8 Å². The maximum absolute atomic E-state index is 12.1. The van der Waals surface area contributed by atoms with Gasteiger partial charge in [-0.3, -0.25) is 10.1 Å². The van der Waals surface area contributed by atoms with Gasteiger partial charge in [-0.15, -0.1) is 11.3 Å². The van der Waals surface area contributed by atoms with E-state index in [0.717, 1.165) is 22.6 Å². The highest BCUT2D eigenvalue weighted by Crippen LogP contribution is 2.32. The summed E-state index contributed by atoms with van der Waals surface area (Å²) in [5, 5.41) is 5.28. The van der Waals surface area contributed by atoms with E-state index in [0.29, 0.717) is 11.7 Å². The van der Waals surface area contributed by atoms with Gasteiger partial charge in [-0.25, -0.2) is 4.98 Å². The molecule has 3 rings (SSSR count). The monoisotopic (exact) mass is 364 g/mol. The van der Waals surface area contributed by atoms with E-state index in [2.05, 4.69) is 10.3 Å². The minimum Gasteiger partial charge on any atom is -0.493 e. The first-order valence-electron chi connectivity index (χ1n) is 8.39. The number of anilines is 1. The number of aromatic nitrogens is 1. The molecule has 0 aliphatic heterocycles. The minimum atomic E-state index is -0.204. The fraction of sp³-hybridized carbons (Fsp3) is 0.143. The SMILES string of the molecule is CCOc1ccccc1-c1csc(NC(=O)/C=C/c2ccc(C)cc2)n1. The molecule has 1 N–H and O–H groups in total. The first-order chi connectivity index (χ1) is 12.7. The van der Waals surface area contributed by atoms with Gasteiger partial charge in [0.15, 0.2) is 5.13 Å². The molecule has 0 saturated carbocycles. The van der Waals surface area contributed by atoms with Crippen LogP contribution in [0.2, 0.25) is 0 Å². The van der Waals surface area contributed by atoms with Crippen LogP contribution in [0.25, 0.3) is 17.3 Å². The van der Waals surface area contributed by atoms with Crippen LogP contribution in [0.3, 0.4) is 0 Å². The zero-order valence-corrected chi connectivity index (χ0v) is 15.5. The number of aryl methyl sites for hydroxylation is 1. The average Bonchev–Trinajstić information content (AvgIpc) is 3.10. The van der Waals surface area contributed by atoms with E-state index >= 15 is 0 Å². The Bertz CT molecular complexity index is 914. The third kappa shape index (κ3) is 4.58. The van der Waals surface area contributed by atoms with Crippen LogP contribution in [0.4, 0.5) is 5.13 Å². The van der Waals surface area contributed by atoms with E-state index < -0.39 is 0 Å². The molecule has 1 heterocycles. The Labute approximate surface area is 157 Å². The highest BCUT2D eigenvalue weighted by atomic mass is 32.1. The third-order valence-electron chi connectivity index (χ3n) is 3.70. The summed E-state index contributed by atoms with van der Waals surface area (Å²) >= 11 is 1.39. The van der Waals surface area contributed by atoms with Crippen molar-refractivity contribution in [3.8, 4) is 17.0 Å². The quantitative estimate of drug-likeness (QED) is 0.614. The predicted octanol–water partition coefficient (Wildman–Crippen LogP) is 5.17. The number of thiazole rings is 1. The summed E-state index contributed by atoms with van der Waals surface area (Å²) < 4.78 is 5.64. The normalized spacial score (nSPS) is 10.8.